The molecule has 1 aromatic rings. The van der Waals surface area contributed by atoms with Crippen molar-refractivity contribution in [2.45, 2.75) is 19.4 Å². The lowest BCUT2D eigenvalue weighted by Crippen LogP contribution is -2.41. The van der Waals surface area contributed by atoms with Gasteiger partial charge in [-0.25, -0.2) is 8.42 Å². The van der Waals surface area contributed by atoms with Crippen molar-refractivity contribution in [3.05, 3.63) is 29.8 Å². The summed E-state index contributed by atoms with van der Waals surface area (Å²) in [5.74, 6) is 2.59. The summed E-state index contributed by atoms with van der Waals surface area (Å²) in [6.07, 6.45) is 0.733. The molecule has 2 aliphatic rings. The highest BCUT2D eigenvalue weighted by Gasteiger charge is 2.39. The van der Waals surface area contributed by atoms with Gasteiger partial charge in [-0.3, -0.25) is 0 Å². The highest BCUT2D eigenvalue weighted by atomic mass is 32.2. The van der Waals surface area contributed by atoms with Crippen LogP contribution in [0.4, 0.5) is 0 Å². The average molecular weight is 421 g/mol. The maximum atomic E-state index is 11.6. The van der Waals surface area contributed by atoms with Crippen LogP contribution in [0.2, 0.25) is 0 Å². The number of benzene rings is 1. The Bertz CT molecular complexity index is 792. The molecule has 2 fully saturated rings. The molecule has 3 atom stereocenters. The average Bonchev–Trinajstić information content (AvgIpc) is 3.24. The third kappa shape index (κ3) is 6.41. The van der Waals surface area contributed by atoms with Gasteiger partial charge in [-0.05, 0) is 49.1 Å². The predicted molar refractivity (Wildman–Crippen MR) is 113 cm³/mol. The Hall–Kier alpha value is -1.66. The molecular weight excluding hydrogens is 388 g/mol. The molecule has 2 N–H and O–H groups in total. The van der Waals surface area contributed by atoms with E-state index in [1.54, 1.807) is 31.2 Å². The van der Waals surface area contributed by atoms with Gasteiger partial charge in [0.15, 0.2) is 0 Å². The SMILES string of the molecule is CCS(=O)(=O)CCCN1CC2CN(C[C@H](N)COc3ccc(C#N)cc3)CC2C1. The van der Waals surface area contributed by atoms with E-state index >= 15 is 0 Å². The summed E-state index contributed by atoms with van der Waals surface area (Å²) in [5, 5.41) is 8.83. The topological polar surface area (TPSA) is 99.7 Å². The lowest BCUT2D eigenvalue weighted by Gasteiger charge is -2.24. The molecule has 0 amide bonds. The smallest absolute Gasteiger partial charge is 0.150 e. The molecule has 0 radical (unpaired) electrons. The Balaban J connectivity index is 1.34. The molecule has 7 nitrogen and oxygen atoms in total. The van der Waals surface area contributed by atoms with Crippen LogP contribution >= 0.6 is 0 Å². The maximum absolute atomic E-state index is 11.6. The zero-order chi connectivity index (χ0) is 20.9. The van der Waals surface area contributed by atoms with Crippen LogP contribution in [0.3, 0.4) is 0 Å². The largest absolute Gasteiger partial charge is 0.492 e. The molecule has 0 spiro atoms. The van der Waals surface area contributed by atoms with Crippen molar-refractivity contribution in [2.75, 3.05) is 57.4 Å². The zero-order valence-electron chi connectivity index (χ0n) is 17.2. The second kappa shape index (κ2) is 9.90. The van der Waals surface area contributed by atoms with Crippen LogP contribution in [0.5, 0.6) is 5.75 Å². The van der Waals surface area contributed by atoms with Crippen LogP contribution in [-0.4, -0.2) is 81.6 Å². The Morgan fingerprint density at radius 1 is 1.17 bits per heavy atom. The molecule has 0 saturated carbocycles. The monoisotopic (exact) mass is 420 g/mol. The molecule has 0 aromatic heterocycles. The Labute approximate surface area is 174 Å². The molecule has 160 valence electrons. The first-order valence-corrected chi connectivity index (χ1v) is 12.2. The van der Waals surface area contributed by atoms with Crippen molar-refractivity contribution in [3.8, 4) is 11.8 Å². The number of nitrogens with two attached hydrogens (primary N) is 1. The van der Waals surface area contributed by atoms with Gasteiger partial charge in [-0.15, -0.1) is 0 Å². The fourth-order valence-corrected chi connectivity index (χ4v) is 5.24. The number of sulfone groups is 1. The molecule has 1 aromatic carbocycles. The summed E-state index contributed by atoms with van der Waals surface area (Å²) >= 11 is 0. The minimum absolute atomic E-state index is 0.0557. The van der Waals surface area contributed by atoms with E-state index < -0.39 is 9.84 Å². The van der Waals surface area contributed by atoms with E-state index in [-0.39, 0.29) is 11.8 Å². The van der Waals surface area contributed by atoms with Crippen molar-refractivity contribution >= 4 is 9.84 Å². The molecule has 3 rings (SSSR count). The third-order valence-corrected chi connectivity index (χ3v) is 7.74. The maximum Gasteiger partial charge on any atom is 0.150 e. The van der Waals surface area contributed by atoms with Crippen LogP contribution in [-0.2, 0) is 9.84 Å². The van der Waals surface area contributed by atoms with Crippen molar-refractivity contribution < 1.29 is 13.2 Å². The number of rotatable bonds is 10. The predicted octanol–water partition coefficient (Wildman–Crippen LogP) is 0.953. The van der Waals surface area contributed by atoms with E-state index in [9.17, 15) is 8.42 Å². The molecule has 2 saturated heterocycles. The summed E-state index contributed by atoms with van der Waals surface area (Å²) in [6, 6.07) is 9.12. The van der Waals surface area contributed by atoms with Crippen LogP contribution in [0.1, 0.15) is 18.9 Å². The van der Waals surface area contributed by atoms with E-state index in [0.717, 1.165) is 51.4 Å². The van der Waals surface area contributed by atoms with Crippen LogP contribution < -0.4 is 10.5 Å². The quantitative estimate of drug-likeness (QED) is 0.602. The van der Waals surface area contributed by atoms with Gasteiger partial charge >= 0.3 is 0 Å². The van der Waals surface area contributed by atoms with Crippen LogP contribution in [0.25, 0.3) is 0 Å². The number of hydrogen-bond donors (Lipinski definition) is 1. The summed E-state index contributed by atoms with van der Waals surface area (Å²) in [5.41, 5.74) is 6.89. The highest BCUT2D eigenvalue weighted by molar-refractivity contribution is 7.91. The number of likely N-dealkylation sites (tertiary alicyclic amines) is 2. The second-order valence-electron chi connectivity index (χ2n) is 8.30. The van der Waals surface area contributed by atoms with Gasteiger partial charge in [0.25, 0.3) is 0 Å². The van der Waals surface area contributed by atoms with E-state index in [1.807, 2.05) is 0 Å². The summed E-state index contributed by atoms with van der Waals surface area (Å²) < 4.78 is 29.0. The lowest BCUT2D eigenvalue weighted by molar-refractivity contribution is 0.214. The molecule has 2 aliphatic heterocycles. The second-order valence-corrected chi connectivity index (χ2v) is 10.8. The number of hydrogen-bond acceptors (Lipinski definition) is 7. The summed E-state index contributed by atoms with van der Waals surface area (Å²) in [6.45, 7) is 8.09. The molecule has 0 bridgehead atoms. The van der Waals surface area contributed by atoms with Crippen molar-refractivity contribution in [1.82, 2.24) is 9.80 Å². The van der Waals surface area contributed by atoms with Gasteiger partial charge < -0.3 is 20.3 Å². The van der Waals surface area contributed by atoms with Gasteiger partial charge in [0.1, 0.15) is 22.2 Å². The Morgan fingerprint density at radius 2 is 1.79 bits per heavy atom. The molecule has 2 heterocycles. The first kappa shape index (κ1) is 22.0. The van der Waals surface area contributed by atoms with Crippen LogP contribution in [0, 0.1) is 23.2 Å². The van der Waals surface area contributed by atoms with E-state index in [0.29, 0.717) is 29.8 Å². The van der Waals surface area contributed by atoms with E-state index in [2.05, 4.69) is 15.9 Å². The molecular formula is C21H32N4O3S. The minimum Gasteiger partial charge on any atom is -0.492 e. The normalized spacial score (nSPS) is 23.6. The summed E-state index contributed by atoms with van der Waals surface area (Å²) in [7, 11) is -2.86. The first-order chi connectivity index (χ1) is 13.9. The van der Waals surface area contributed by atoms with Crippen molar-refractivity contribution in [1.29, 1.82) is 5.26 Å². The molecule has 0 aliphatic carbocycles. The van der Waals surface area contributed by atoms with Crippen LogP contribution in [0.15, 0.2) is 24.3 Å². The van der Waals surface area contributed by atoms with Gasteiger partial charge in [0, 0.05) is 38.5 Å². The lowest BCUT2D eigenvalue weighted by atomic mass is 10.0. The first-order valence-electron chi connectivity index (χ1n) is 10.4. The fraction of sp³-hybridized carbons (Fsp3) is 0.667. The third-order valence-electron chi connectivity index (χ3n) is 5.95. The number of fused-ring (bicyclic) bond motifs is 1. The van der Waals surface area contributed by atoms with E-state index in [1.165, 1.54) is 0 Å². The molecule has 29 heavy (non-hydrogen) atoms. The molecule has 2 unspecified atom stereocenters. The molecule has 8 heteroatoms. The standard InChI is InChI=1S/C21H32N4O3S/c1-2-29(26,27)9-3-8-24-11-18-13-25(14-19(18)12-24)15-20(23)16-28-21-6-4-17(10-22)5-7-21/h4-7,18-20H,2-3,8-9,11-16,23H2,1H3/t18?,19?,20-/m0/s1. The van der Waals surface area contributed by atoms with Crippen molar-refractivity contribution in [3.63, 3.8) is 0 Å². The van der Waals surface area contributed by atoms with E-state index in [4.69, 9.17) is 15.7 Å². The zero-order valence-corrected chi connectivity index (χ0v) is 18.0. The summed E-state index contributed by atoms with van der Waals surface area (Å²) in [4.78, 5) is 4.85. The highest BCUT2D eigenvalue weighted by Crippen LogP contribution is 2.31. The van der Waals surface area contributed by atoms with Crippen molar-refractivity contribution in [2.24, 2.45) is 17.6 Å². The van der Waals surface area contributed by atoms with Gasteiger partial charge in [-0.2, -0.15) is 5.26 Å². The van der Waals surface area contributed by atoms with Gasteiger partial charge in [0.05, 0.1) is 23.4 Å². The Morgan fingerprint density at radius 3 is 2.38 bits per heavy atom. The number of ether oxygens (including phenoxy) is 1. The Kier molecular flexibility index (Phi) is 7.52. The number of nitrogens with zero attached hydrogens (tertiary/aromatic N) is 3. The fourth-order valence-electron chi connectivity index (χ4n) is 4.38. The van der Waals surface area contributed by atoms with Gasteiger partial charge in [-0.1, -0.05) is 6.92 Å². The number of nitriles is 1. The van der Waals surface area contributed by atoms with Gasteiger partial charge in [0.2, 0.25) is 0 Å². The minimum atomic E-state index is -2.86.